The summed E-state index contributed by atoms with van der Waals surface area (Å²) in [6, 6.07) is -0.300. The van der Waals surface area contributed by atoms with E-state index in [1.807, 2.05) is 13.8 Å². The predicted molar refractivity (Wildman–Crippen MR) is 75.9 cm³/mol. The Hall–Kier alpha value is -2.32. The number of carbonyl (C=O) groups excluding carboxylic acids is 1. The zero-order valence-corrected chi connectivity index (χ0v) is 11.8. The Morgan fingerprint density at radius 3 is 2.45 bits per heavy atom. The van der Waals surface area contributed by atoms with Crippen LogP contribution in [0, 0.1) is 0 Å². The van der Waals surface area contributed by atoms with Crippen molar-refractivity contribution in [2.24, 2.45) is 5.73 Å². The number of primary amides is 1. The molecule has 9 nitrogen and oxygen atoms in total. The first-order valence-corrected chi connectivity index (χ1v) is 6.55. The molecule has 0 aliphatic carbocycles. The van der Waals surface area contributed by atoms with Crippen molar-refractivity contribution >= 4 is 17.9 Å². The SMILES string of the molecule is CCCOc1nc(NCC)nc(NCCNC(N)=O)n1. The van der Waals surface area contributed by atoms with Crippen LogP contribution in [0.3, 0.4) is 0 Å². The standard InChI is InChI=1S/C11H21N7O2/c1-3-7-20-11-17-9(13-4-2)16-10(18-11)15-6-5-14-8(12)19/h3-7H2,1-2H3,(H3,12,14,19)(H2,13,15,16,17,18). The molecule has 0 saturated heterocycles. The number of carbonyl (C=O) groups is 1. The maximum Gasteiger partial charge on any atom is 0.323 e. The Kier molecular flexibility index (Phi) is 6.87. The quantitative estimate of drug-likeness (QED) is 0.476. The average molecular weight is 283 g/mol. The van der Waals surface area contributed by atoms with E-state index < -0.39 is 6.03 Å². The first-order valence-electron chi connectivity index (χ1n) is 6.55. The van der Waals surface area contributed by atoms with Crippen LogP contribution in [-0.4, -0.2) is 47.2 Å². The van der Waals surface area contributed by atoms with Gasteiger partial charge in [0.05, 0.1) is 6.61 Å². The number of ether oxygens (including phenoxy) is 1. The number of urea groups is 1. The van der Waals surface area contributed by atoms with Crippen LogP contribution in [0.5, 0.6) is 6.01 Å². The normalized spacial score (nSPS) is 9.90. The molecule has 0 fully saturated rings. The summed E-state index contributed by atoms with van der Waals surface area (Å²) in [5, 5.41) is 8.43. The molecule has 2 amide bonds. The van der Waals surface area contributed by atoms with Crippen LogP contribution in [0.1, 0.15) is 20.3 Å². The average Bonchev–Trinajstić information content (AvgIpc) is 2.41. The molecule has 0 saturated carbocycles. The summed E-state index contributed by atoms with van der Waals surface area (Å²) < 4.78 is 5.40. The van der Waals surface area contributed by atoms with E-state index in [-0.39, 0.29) is 6.01 Å². The Labute approximate surface area is 117 Å². The smallest absolute Gasteiger partial charge is 0.323 e. The van der Waals surface area contributed by atoms with Crippen molar-refractivity contribution in [3.8, 4) is 6.01 Å². The summed E-state index contributed by atoms with van der Waals surface area (Å²) >= 11 is 0. The molecule has 9 heteroatoms. The second kappa shape index (κ2) is 8.73. The maximum atomic E-state index is 10.5. The highest BCUT2D eigenvalue weighted by Gasteiger charge is 2.06. The van der Waals surface area contributed by atoms with Crippen LogP contribution < -0.4 is 26.4 Å². The molecule has 0 aliphatic rings. The highest BCUT2D eigenvalue weighted by atomic mass is 16.5. The van der Waals surface area contributed by atoms with Crippen molar-refractivity contribution in [1.82, 2.24) is 20.3 Å². The minimum absolute atomic E-state index is 0.267. The van der Waals surface area contributed by atoms with E-state index in [1.165, 1.54) is 0 Å². The first-order chi connectivity index (χ1) is 9.65. The van der Waals surface area contributed by atoms with Gasteiger partial charge in [-0.1, -0.05) is 6.92 Å². The van der Waals surface area contributed by atoms with Gasteiger partial charge in [-0.25, -0.2) is 4.79 Å². The molecule has 0 radical (unpaired) electrons. The van der Waals surface area contributed by atoms with E-state index in [4.69, 9.17) is 10.5 Å². The van der Waals surface area contributed by atoms with Crippen LogP contribution in [0.4, 0.5) is 16.7 Å². The second-order valence-corrected chi connectivity index (χ2v) is 3.86. The van der Waals surface area contributed by atoms with Gasteiger partial charge in [-0.05, 0) is 13.3 Å². The van der Waals surface area contributed by atoms with Gasteiger partial charge in [0.25, 0.3) is 0 Å². The second-order valence-electron chi connectivity index (χ2n) is 3.86. The van der Waals surface area contributed by atoms with Gasteiger partial charge in [-0.2, -0.15) is 15.0 Å². The summed E-state index contributed by atoms with van der Waals surface area (Å²) in [4.78, 5) is 23.0. The van der Waals surface area contributed by atoms with Crippen molar-refractivity contribution in [2.45, 2.75) is 20.3 Å². The van der Waals surface area contributed by atoms with Crippen LogP contribution in [0.2, 0.25) is 0 Å². The Balaban J connectivity index is 2.62. The summed E-state index contributed by atoms with van der Waals surface area (Å²) in [6.45, 7) is 6.01. The third-order valence-corrected chi connectivity index (χ3v) is 2.09. The van der Waals surface area contributed by atoms with Gasteiger partial charge >= 0.3 is 12.0 Å². The van der Waals surface area contributed by atoms with Crippen molar-refractivity contribution in [1.29, 1.82) is 0 Å². The van der Waals surface area contributed by atoms with Crippen LogP contribution in [0.25, 0.3) is 0 Å². The molecule has 1 heterocycles. The topological polar surface area (TPSA) is 127 Å². The van der Waals surface area contributed by atoms with Crippen LogP contribution >= 0.6 is 0 Å². The molecular formula is C11H21N7O2. The maximum absolute atomic E-state index is 10.5. The molecule has 0 bridgehead atoms. The van der Waals surface area contributed by atoms with Crippen molar-refractivity contribution in [3.63, 3.8) is 0 Å². The number of aromatic nitrogens is 3. The molecule has 0 spiro atoms. The number of nitrogens with two attached hydrogens (primary N) is 1. The van der Waals surface area contributed by atoms with Crippen molar-refractivity contribution in [3.05, 3.63) is 0 Å². The monoisotopic (exact) mass is 283 g/mol. The fourth-order valence-electron chi connectivity index (χ4n) is 1.29. The molecule has 5 N–H and O–H groups in total. The Bertz CT molecular complexity index is 427. The fourth-order valence-corrected chi connectivity index (χ4v) is 1.29. The number of rotatable bonds is 9. The molecule has 0 atom stereocenters. The van der Waals surface area contributed by atoms with E-state index in [0.717, 1.165) is 6.42 Å². The van der Waals surface area contributed by atoms with Crippen LogP contribution in [-0.2, 0) is 0 Å². The van der Waals surface area contributed by atoms with Gasteiger partial charge in [-0.15, -0.1) is 0 Å². The third kappa shape index (κ3) is 6.03. The lowest BCUT2D eigenvalue weighted by atomic mass is 10.5. The summed E-state index contributed by atoms with van der Waals surface area (Å²) in [6.07, 6.45) is 0.869. The van der Waals surface area contributed by atoms with Gasteiger partial charge in [-0.3, -0.25) is 0 Å². The minimum atomic E-state index is -0.567. The number of nitrogens with zero attached hydrogens (tertiary/aromatic N) is 3. The van der Waals surface area contributed by atoms with E-state index >= 15 is 0 Å². The lowest BCUT2D eigenvalue weighted by molar-refractivity contribution is 0.249. The van der Waals surface area contributed by atoms with Crippen LogP contribution in [0.15, 0.2) is 0 Å². The highest BCUT2D eigenvalue weighted by molar-refractivity contribution is 5.71. The lowest BCUT2D eigenvalue weighted by Crippen LogP contribution is -2.33. The van der Waals surface area contributed by atoms with E-state index in [1.54, 1.807) is 0 Å². The number of amides is 2. The molecule has 1 aromatic heterocycles. The molecule has 1 aromatic rings. The summed E-state index contributed by atoms with van der Waals surface area (Å²) in [5.74, 6) is 0.826. The molecule has 0 aromatic carbocycles. The molecule has 0 unspecified atom stereocenters. The highest BCUT2D eigenvalue weighted by Crippen LogP contribution is 2.11. The third-order valence-electron chi connectivity index (χ3n) is 2.09. The van der Waals surface area contributed by atoms with Gasteiger partial charge < -0.3 is 26.4 Å². The minimum Gasteiger partial charge on any atom is -0.463 e. The van der Waals surface area contributed by atoms with Gasteiger partial charge in [0.1, 0.15) is 0 Å². The molecule has 1 rings (SSSR count). The van der Waals surface area contributed by atoms with E-state index in [2.05, 4.69) is 30.9 Å². The first kappa shape index (κ1) is 15.7. The Morgan fingerprint density at radius 1 is 1.15 bits per heavy atom. The van der Waals surface area contributed by atoms with Crippen molar-refractivity contribution in [2.75, 3.05) is 36.9 Å². The van der Waals surface area contributed by atoms with Gasteiger partial charge in [0.2, 0.25) is 11.9 Å². The predicted octanol–water partition coefficient (Wildman–Crippen LogP) is 0.172. The fraction of sp³-hybridized carbons (Fsp3) is 0.636. The summed E-state index contributed by atoms with van der Waals surface area (Å²) in [7, 11) is 0. The number of hydrogen-bond acceptors (Lipinski definition) is 7. The molecule has 0 aliphatic heterocycles. The number of hydrogen-bond donors (Lipinski definition) is 4. The molecule has 112 valence electrons. The Morgan fingerprint density at radius 2 is 1.85 bits per heavy atom. The van der Waals surface area contributed by atoms with Gasteiger partial charge in [0, 0.05) is 19.6 Å². The van der Waals surface area contributed by atoms with Gasteiger partial charge in [0.15, 0.2) is 0 Å². The molecule has 20 heavy (non-hydrogen) atoms. The molecular weight excluding hydrogens is 262 g/mol. The number of anilines is 2. The zero-order valence-electron chi connectivity index (χ0n) is 11.8. The van der Waals surface area contributed by atoms with E-state index in [0.29, 0.717) is 38.1 Å². The summed E-state index contributed by atoms with van der Waals surface area (Å²) in [5.41, 5.74) is 4.97. The zero-order chi connectivity index (χ0) is 14.8. The van der Waals surface area contributed by atoms with Crippen molar-refractivity contribution < 1.29 is 9.53 Å². The number of nitrogens with one attached hydrogen (secondary N) is 3. The van der Waals surface area contributed by atoms with E-state index in [9.17, 15) is 4.79 Å². The largest absolute Gasteiger partial charge is 0.463 e. The lowest BCUT2D eigenvalue weighted by Gasteiger charge is -2.09.